The van der Waals surface area contributed by atoms with Gasteiger partial charge in [0.25, 0.3) is 0 Å². The van der Waals surface area contributed by atoms with Crippen LogP contribution in [-0.2, 0) is 0 Å². The molecule has 2 heteroatoms. The second-order valence-corrected chi connectivity index (χ2v) is 5.87. The van der Waals surface area contributed by atoms with E-state index < -0.39 is 0 Å². The van der Waals surface area contributed by atoms with Crippen LogP contribution in [0.15, 0.2) is 0 Å². The Kier molecular flexibility index (Phi) is 5.95. The van der Waals surface area contributed by atoms with Crippen molar-refractivity contribution in [2.45, 2.75) is 57.7 Å². The van der Waals surface area contributed by atoms with Crippen LogP contribution >= 0.6 is 11.8 Å². The van der Waals surface area contributed by atoms with Gasteiger partial charge in [0.05, 0.1) is 0 Å². The third-order valence-corrected chi connectivity index (χ3v) is 4.85. The van der Waals surface area contributed by atoms with Gasteiger partial charge in [-0.3, -0.25) is 0 Å². The standard InChI is InChI=1S/C12H25NS/c1-4-10(3)9-14-12-7-6-11(8-12)13-5-2/h10-13H,4-9H2,1-3H3. The van der Waals surface area contributed by atoms with E-state index in [-0.39, 0.29) is 0 Å². The van der Waals surface area contributed by atoms with E-state index in [0.29, 0.717) is 0 Å². The molecule has 3 atom stereocenters. The van der Waals surface area contributed by atoms with Gasteiger partial charge in [0.1, 0.15) is 0 Å². The van der Waals surface area contributed by atoms with Gasteiger partial charge >= 0.3 is 0 Å². The van der Waals surface area contributed by atoms with Gasteiger partial charge in [0.2, 0.25) is 0 Å². The molecule has 0 aromatic carbocycles. The Morgan fingerprint density at radius 1 is 1.36 bits per heavy atom. The maximum absolute atomic E-state index is 3.56. The minimum absolute atomic E-state index is 0.814. The summed E-state index contributed by atoms with van der Waals surface area (Å²) in [6.07, 6.45) is 5.55. The van der Waals surface area contributed by atoms with E-state index in [4.69, 9.17) is 0 Å². The van der Waals surface area contributed by atoms with Gasteiger partial charge in [-0.15, -0.1) is 0 Å². The normalized spacial score (nSPS) is 29.4. The summed E-state index contributed by atoms with van der Waals surface area (Å²) in [5.74, 6) is 2.26. The molecule has 0 amide bonds. The van der Waals surface area contributed by atoms with Gasteiger partial charge in [-0.1, -0.05) is 27.2 Å². The quantitative estimate of drug-likeness (QED) is 0.729. The molecule has 1 N–H and O–H groups in total. The zero-order valence-electron chi connectivity index (χ0n) is 9.88. The maximum atomic E-state index is 3.56. The first kappa shape index (κ1) is 12.4. The zero-order chi connectivity index (χ0) is 10.4. The lowest BCUT2D eigenvalue weighted by molar-refractivity contribution is 0.543. The van der Waals surface area contributed by atoms with E-state index in [1.54, 1.807) is 0 Å². The van der Waals surface area contributed by atoms with Gasteiger partial charge in [0.15, 0.2) is 0 Å². The van der Waals surface area contributed by atoms with Crippen molar-refractivity contribution in [3.8, 4) is 0 Å². The largest absolute Gasteiger partial charge is 0.314 e. The molecule has 0 bridgehead atoms. The average Bonchev–Trinajstić information content (AvgIpc) is 2.63. The highest BCUT2D eigenvalue weighted by Gasteiger charge is 2.24. The molecule has 1 aliphatic carbocycles. The summed E-state index contributed by atoms with van der Waals surface area (Å²) in [5.41, 5.74) is 0. The molecule has 1 saturated carbocycles. The Balaban J connectivity index is 2.09. The number of hydrogen-bond donors (Lipinski definition) is 1. The lowest BCUT2D eigenvalue weighted by atomic mass is 10.2. The van der Waals surface area contributed by atoms with Crippen molar-refractivity contribution in [3.63, 3.8) is 0 Å². The highest BCUT2D eigenvalue weighted by Crippen LogP contribution is 2.31. The van der Waals surface area contributed by atoms with E-state index in [1.807, 2.05) is 0 Å². The maximum Gasteiger partial charge on any atom is 0.00778 e. The molecule has 14 heavy (non-hydrogen) atoms. The van der Waals surface area contributed by atoms with Crippen molar-refractivity contribution in [1.29, 1.82) is 0 Å². The topological polar surface area (TPSA) is 12.0 Å². The molecule has 1 aliphatic rings. The van der Waals surface area contributed by atoms with Crippen LogP contribution in [0.5, 0.6) is 0 Å². The molecule has 0 aromatic rings. The van der Waals surface area contributed by atoms with Crippen LogP contribution in [0.3, 0.4) is 0 Å². The lowest BCUT2D eigenvalue weighted by Crippen LogP contribution is -2.26. The molecule has 0 heterocycles. The predicted octanol–water partition coefficient (Wildman–Crippen LogP) is 3.30. The van der Waals surface area contributed by atoms with E-state index in [2.05, 4.69) is 37.8 Å². The highest BCUT2D eigenvalue weighted by molar-refractivity contribution is 7.99. The van der Waals surface area contributed by atoms with Gasteiger partial charge in [0, 0.05) is 11.3 Å². The smallest absolute Gasteiger partial charge is 0.00778 e. The Bertz CT molecular complexity index is 149. The molecule has 1 fully saturated rings. The molecule has 0 spiro atoms. The average molecular weight is 215 g/mol. The summed E-state index contributed by atoms with van der Waals surface area (Å²) in [4.78, 5) is 0. The molecule has 1 rings (SSSR count). The molecular weight excluding hydrogens is 190 g/mol. The Morgan fingerprint density at radius 3 is 2.79 bits per heavy atom. The van der Waals surface area contributed by atoms with E-state index in [1.165, 1.54) is 31.4 Å². The Labute approximate surface area is 93.4 Å². The van der Waals surface area contributed by atoms with Crippen molar-refractivity contribution in [2.75, 3.05) is 12.3 Å². The summed E-state index contributed by atoms with van der Waals surface area (Å²) in [6.45, 7) is 8.00. The van der Waals surface area contributed by atoms with Crippen molar-refractivity contribution in [3.05, 3.63) is 0 Å². The van der Waals surface area contributed by atoms with Crippen molar-refractivity contribution in [2.24, 2.45) is 5.92 Å². The lowest BCUT2D eigenvalue weighted by Gasteiger charge is -2.14. The van der Waals surface area contributed by atoms with Crippen LogP contribution < -0.4 is 5.32 Å². The third-order valence-electron chi connectivity index (χ3n) is 3.19. The molecule has 0 saturated heterocycles. The van der Waals surface area contributed by atoms with Gasteiger partial charge < -0.3 is 5.32 Å². The fourth-order valence-electron chi connectivity index (χ4n) is 1.98. The zero-order valence-corrected chi connectivity index (χ0v) is 10.7. The fourth-order valence-corrected chi connectivity index (χ4v) is 3.49. The third kappa shape index (κ3) is 4.22. The fraction of sp³-hybridized carbons (Fsp3) is 1.00. The second-order valence-electron chi connectivity index (χ2n) is 4.54. The van der Waals surface area contributed by atoms with Crippen LogP contribution in [0.4, 0.5) is 0 Å². The van der Waals surface area contributed by atoms with Crippen molar-refractivity contribution < 1.29 is 0 Å². The first-order valence-corrected chi connectivity index (χ1v) is 7.16. The molecule has 3 unspecified atom stereocenters. The van der Waals surface area contributed by atoms with E-state index in [9.17, 15) is 0 Å². The second kappa shape index (κ2) is 6.73. The molecule has 1 nitrogen and oxygen atoms in total. The summed E-state index contributed by atoms with van der Waals surface area (Å²) in [7, 11) is 0. The van der Waals surface area contributed by atoms with Crippen molar-refractivity contribution in [1.82, 2.24) is 5.32 Å². The van der Waals surface area contributed by atoms with Crippen LogP contribution in [0.25, 0.3) is 0 Å². The van der Waals surface area contributed by atoms with Crippen molar-refractivity contribution >= 4 is 11.8 Å². The number of thioether (sulfide) groups is 1. The number of nitrogens with one attached hydrogen (secondary N) is 1. The van der Waals surface area contributed by atoms with E-state index in [0.717, 1.165) is 23.8 Å². The summed E-state index contributed by atoms with van der Waals surface area (Å²) < 4.78 is 0. The Morgan fingerprint density at radius 2 is 2.14 bits per heavy atom. The first-order valence-electron chi connectivity index (χ1n) is 6.11. The highest BCUT2D eigenvalue weighted by atomic mass is 32.2. The predicted molar refractivity (Wildman–Crippen MR) is 67.0 cm³/mol. The SMILES string of the molecule is CCNC1CCC(SCC(C)CC)C1. The van der Waals surface area contributed by atoms with Gasteiger partial charge in [-0.2, -0.15) is 11.8 Å². The molecule has 84 valence electrons. The molecule has 0 radical (unpaired) electrons. The first-order chi connectivity index (χ1) is 6.76. The van der Waals surface area contributed by atoms with Crippen LogP contribution in [-0.4, -0.2) is 23.6 Å². The van der Waals surface area contributed by atoms with Gasteiger partial charge in [-0.05, 0) is 37.5 Å². The molecular formula is C12H25NS. The minimum atomic E-state index is 0.814. The molecule has 0 aromatic heterocycles. The van der Waals surface area contributed by atoms with Crippen LogP contribution in [0.1, 0.15) is 46.5 Å². The summed E-state index contributed by atoms with van der Waals surface area (Å²) in [6, 6.07) is 0.814. The van der Waals surface area contributed by atoms with Gasteiger partial charge in [-0.25, -0.2) is 0 Å². The minimum Gasteiger partial charge on any atom is -0.314 e. The number of rotatable bonds is 6. The van der Waals surface area contributed by atoms with Crippen LogP contribution in [0.2, 0.25) is 0 Å². The Hall–Kier alpha value is 0.310. The summed E-state index contributed by atoms with van der Waals surface area (Å²) in [5, 5.41) is 4.50. The van der Waals surface area contributed by atoms with Crippen LogP contribution in [0, 0.1) is 5.92 Å². The summed E-state index contributed by atoms with van der Waals surface area (Å²) >= 11 is 2.21. The number of hydrogen-bond acceptors (Lipinski definition) is 2. The monoisotopic (exact) mass is 215 g/mol. The molecule has 0 aliphatic heterocycles. The van der Waals surface area contributed by atoms with E-state index >= 15 is 0 Å².